The van der Waals surface area contributed by atoms with Gasteiger partial charge >= 0.3 is 7.12 Å². The average Bonchev–Trinajstić information content (AvgIpc) is 2.50. The Bertz CT molecular complexity index is 342. The van der Waals surface area contributed by atoms with Gasteiger partial charge in [-0.2, -0.15) is 0 Å². The highest BCUT2D eigenvalue weighted by Gasteiger charge is 2.29. The Morgan fingerprint density at radius 2 is 2.31 bits per heavy atom. The van der Waals surface area contributed by atoms with Crippen molar-refractivity contribution in [1.82, 2.24) is 0 Å². The molecule has 1 aliphatic heterocycles. The van der Waals surface area contributed by atoms with Crippen molar-refractivity contribution in [3.05, 3.63) is 27.7 Å². The standard InChI is InChI=1S/C8H8BBrO3/c10-8-5(3-11)1-2-7-6(8)4-13-9(7)12/h1-2,11-12H,3-4H2. The van der Waals surface area contributed by atoms with E-state index in [0.29, 0.717) is 6.61 Å². The van der Waals surface area contributed by atoms with Crippen molar-refractivity contribution < 1.29 is 14.8 Å². The number of fused-ring (bicyclic) bond motifs is 1. The predicted molar refractivity (Wildman–Crippen MR) is 52.5 cm³/mol. The fourth-order valence-electron chi connectivity index (χ4n) is 1.44. The second-order valence-corrected chi connectivity index (χ2v) is 3.72. The summed E-state index contributed by atoms with van der Waals surface area (Å²) in [6.45, 7) is 0.384. The molecule has 0 bridgehead atoms. The molecule has 0 atom stereocenters. The number of aliphatic hydroxyl groups is 1. The van der Waals surface area contributed by atoms with Crippen LogP contribution in [-0.4, -0.2) is 17.2 Å². The highest BCUT2D eigenvalue weighted by molar-refractivity contribution is 9.10. The van der Waals surface area contributed by atoms with Gasteiger partial charge in [-0.25, -0.2) is 0 Å². The largest absolute Gasteiger partial charge is 0.491 e. The number of aliphatic hydroxyl groups excluding tert-OH is 1. The summed E-state index contributed by atoms with van der Waals surface area (Å²) in [6, 6.07) is 3.56. The van der Waals surface area contributed by atoms with Crippen molar-refractivity contribution in [3.63, 3.8) is 0 Å². The van der Waals surface area contributed by atoms with Crippen molar-refractivity contribution in [2.75, 3.05) is 0 Å². The summed E-state index contributed by atoms with van der Waals surface area (Å²) in [5, 5.41) is 18.3. The molecule has 0 radical (unpaired) electrons. The van der Waals surface area contributed by atoms with E-state index in [2.05, 4.69) is 15.9 Å². The van der Waals surface area contributed by atoms with Gasteiger partial charge in [-0.05, 0) is 16.6 Å². The summed E-state index contributed by atoms with van der Waals surface area (Å²) >= 11 is 3.37. The lowest BCUT2D eigenvalue weighted by atomic mass is 9.79. The molecule has 2 N–H and O–H groups in total. The Morgan fingerprint density at radius 1 is 1.54 bits per heavy atom. The highest BCUT2D eigenvalue weighted by Crippen LogP contribution is 2.24. The van der Waals surface area contributed by atoms with Gasteiger partial charge in [0.25, 0.3) is 0 Å². The minimum Gasteiger partial charge on any atom is -0.423 e. The van der Waals surface area contributed by atoms with Gasteiger partial charge < -0.3 is 14.8 Å². The van der Waals surface area contributed by atoms with E-state index in [1.165, 1.54) is 0 Å². The van der Waals surface area contributed by atoms with Gasteiger partial charge in [-0.1, -0.05) is 28.1 Å². The molecule has 5 heteroatoms. The Labute approximate surface area is 84.6 Å². The smallest absolute Gasteiger partial charge is 0.423 e. The van der Waals surface area contributed by atoms with Crippen LogP contribution in [0.3, 0.4) is 0 Å². The topological polar surface area (TPSA) is 49.7 Å². The summed E-state index contributed by atoms with van der Waals surface area (Å²) in [4.78, 5) is 0. The third kappa shape index (κ3) is 1.42. The van der Waals surface area contributed by atoms with Gasteiger partial charge in [-0.3, -0.25) is 0 Å². The Balaban J connectivity index is 2.54. The summed E-state index contributed by atoms with van der Waals surface area (Å²) in [7, 11) is -0.820. The lowest BCUT2D eigenvalue weighted by molar-refractivity contribution is 0.272. The molecule has 68 valence electrons. The van der Waals surface area contributed by atoms with Crippen LogP contribution < -0.4 is 5.46 Å². The molecule has 1 heterocycles. The maximum absolute atomic E-state index is 9.36. The van der Waals surface area contributed by atoms with Crippen LogP contribution in [0, 0.1) is 0 Å². The van der Waals surface area contributed by atoms with E-state index < -0.39 is 7.12 Å². The van der Waals surface area contributed by atoms with E-state index in [4.69, 9.17) is 9.76 Å². The summed E-state index contributed by atoms with van der Waals surface area (Å²) in [5.74, 6) is 0. The van der Waals surface area contributed by atoms with E-state index in [9.17, 15) is 5.02 Å². The van der Waals surface area contributed by atoms with Gasteiger partial charge in [0.15, 0.2) is 0 Å². The molecule has 0 spiro atoms. The molecule has 0 amide bonds. The molecule has 0 aromatic heterocycles. The molecular formula is C8H8BBrO3. The van der Waals surface area contributed by atoms with Crippen LogP contribution in [0.2, 0.25) is 0 Å². The number of hydrogen-bond acceptors (Lipinski definition) is 3. The molecule has 1 aromatic rings. The van der Waals surface area contributed by atoms with E-state index in [1.54, 1.807) is 12.1 Å². The van der Waals surface area contributed by atoms with Gasteiger partial charge in [0.1, 0.15) is 0 Å². The maximum Gasteiger partial charge on any atom is 0.491 e. The predicted octanol–water partition coefficient (Wildman–Crippen LogP) is 0.159. The molecule has 2 rings (SSSR count). The Morgan fingerprint density at radius 3 is 3.00 bits per heavy atom. The first-order valence-corrected chi connectivity index (χ1v) is 4.74. The second-order valence-electron chi connectivity index (χ2n) is 2.93. The SMILES string of the molecule is OCc1ccc2c(c1Br)COB2O. The first-order chi connectivity index (χ1) is 6.24. The van der Waals surface area contributed by atoms with Crippen molar-refractivity contribution in [2.24, 2.45) is 0 Å². The van der Waals surface area contributed by atoms with Crippen LogP contribution in [0.25, 0.3) is 0 Å². The van der Waals surface area contributed by atoms with Crippen molar-refractivity contribution in [1.29, 1.82) is 0 Å². The quantitative estimate of drug-likeness (QED) is 0.690. The summed E-state index contributed by atoms with van der Waals surface area (Å²) in [6.07, 6.45) is 0. The molecule has 1 aromatic carbocycles. The zero-order valence-corrected chi connectivity index (χ0v) is 8.41. The van der Waals surface area contributed by atoms with E-state index in [1.807, 2.05) is 0 Å². The third-order valence-electron chi connectivity index (χ3n) is 2.18. The monoisotopic (exact) mass is 242 g/mol. The van der Waals surface area contributed by atoms with E-state index in [-0.39, 0.29) is 6.61 Å². The minimum atomic E-state index is -0.820. The first-order valence-electron chi connectivity index (χ1n) is 3.94. The number of hydrogen-bond donors (Lipinski definition) is 2. The van der Waals surface area contributed by atoms with E-state index in [0.717, 1.165) is 21.1 Å². The van der Waals surface area contributed by atoms with Crippen LogP contribution in [-0.2, 0) is 17.9 Å². The minimum absolute atomic E-state index is 0.00996. The maximum atomic E-state index is 9.36. The molecule has 0 fully saturated rings. The molecular weight excluding hydrogens is 235 g/mol. The fraction of sp³-hybridized carbons (Fsp3) is 0.250. The average molecular weight is 243 g/mol. The number of rotatable bonds is 1. The highest BCUT2D eigenvalue weighted by atomic mass is 79.9. The molecule has 1 aliphatic rings. The molecule has 0 aliphatic carbocycles. The van der Waals surface area contributed by atoms with Gasteiger partial charge in [-0.15, -0.1) is 0 Å². The van der Waals surface area contributed by atoms with Gasteiger partial charge in [0.2, 0.25) is 0 Å². The lowest BCUT2D eigenvalue weighted by Gasteiger charge is -2.05. The summed E-state index contributed by atoms with van der Waals surface area (Å²) < 4.78 is 5.88. The van der Waals surface area contributed by atoms with Crippen LogP contribution in [0.15, 0.2) is 16.6 Å². The number of benzene rings is 1. The van der Waals surface area contributed by atoms with Crippen LogP contribution in [0.1, 0.15) is 11.1 Å². The molecule has 0 unspecified atom stereocenters. The Hall–Kier alpha value is -0.355. The molecule has 3 nitrogen and oxygen atoms in total. The van der Waals surface area contributed by atoms with Gasteiger partial charge in [0, 0.05) is 4.47 Å². The van der Waals surface area contributed by atoms with Crippen LogP contribution >= 0.6 is 15.9 Å². The molecule has 0 saturated carbocycles. The zero-order chi connectivity index (χ0) is 9.42. The number of halogens is 1. The summed E-state index contributed by atoms with van der Waals surface area (Å²) in [5.41, 5.74) is 2.53. The van der Waals surface area contributed by atoms with Gasteiger partial charge in [0.05, 0.1) is 13.2 Å². The van der Waals surface area contributed by atoms with Crippen molar-refractivity contribution in [3.8, 4) is 0 Å². The fourth-order valence-corrected chi connectivity index (χ4v) is 2.04. The van der Waals surface area contributed by atoms with Crippen LogP contribution in [0.4, 0.5) is 0 Å². The lowest BCUT2D eigenvalue weighted by Crippen LogP contribution is -2.28. The zero-order valence-electron chi connectivity index (χ0n) is 6.83. The third-order valence-corrected chi connectivity index (χ3v) is 3.17. The van der Waals surface area contributed by atoms with E-state index >= 15 is 0 Å². The molecule has 13 heavy (non-hydrogen) atoms. The molecule has 0 saturated heterocycles. The van der Waals surface area contributed by atoms with Crippen molar-refractivity contribution >= 4 is 28.5 Å². The normalized spacial score (nSPS) is 14.8. The first kappa shape index (κ1) is 9.21. The van der Waals surface area contributed by atoms with Crippen LogP contribution in [0.5, 0.6) is 0 Å². The second kappa shape index (κ2) is 3.42. The van der Waals surface area contributed by atoms with Crippen molar-refractivity contribution in [2.45, 2.75) is 13.2 Å². The Kier molecular flexibility index (Phi) is 2.42.